The summed E-state index contributed by atoms with van der Waals surface area (Å²) >= 11 is 3.11. The zero-order chi connectivity index (χ0) is 24.3. The third-order valence-electron chi connectivity index (χ3n) is 4.22. The number of esters is 1. The molecule has 0 saturated carbocycles. The van der Waals surface area contributed by atoms with Gasteiger partial charge in [0.25, 0.3) is 5.91 Å². The maximum absolute atomic E-state index is 12.8. The number of methoxy groups -OCH3 is 1. The molecule has 33 heavy (non-hydrogen) atoms. The number of carbonyl (C=O) groups excluding carboxylic acids is 3. The number of nitrogens with zero attached hydrogens (tertiary/aromatic N) is 2. The molecular formula is C19H14BrN3O10. The lowest BCUT2D eigenvalue weighted by molar-refractivity contribution is -0.385. The first-order chi connectivity index (χ1) is 15.6. The van der Waals surface area contributed by atoms with Gasteiger partial charge < -0.3 is 24.3 Å². The number of halogens is 1. The zero-order valence-electron chi connectivity index (χ0n) is 16.7. The normalized spacial score (nSPS) is 14.4. The monoisotopic (exact) mass is 523 g/mol. The summed E-state index contributed by atoms with van der Waals surface area (Å²) in [5.74, 6) is -3.27. The number of imide groups is 1. The first-order valence-corrected chi connectivity index (χ1v) is 9.74. The van der Waals surface area contributed by atoms with E-state index in [1.54, 1.807) is 0 Å². The number of benzene rings is 1. The first-order valence-electron chi connectivity index (χ1n) is 8.94. The molecule has 3 rings (SSSR count). The number of carboxylic acids is 1. The molecule has 2 heterocycles. The first kappa shape index (κ1) is 23.5. The number of amides is 3. The number of nitro benzene ring substituents is 1. The number of hydrogen-bond donors (Lipinski definition) is 2. The van der Waals surface area contributed by atoms with Crippen LogP contribution in [0.3, 0.4) is 0 Å². The van der Waals surface area contributed by atoms with Crippen molar-refractivity contribution in [3.05, 3.63) is 61.6 Å². The summed E-state index contributed by atoms with van der Waals surface area (Å²) in [4.78, 5) is 58.9. The topological polar surface area (TPSA) is 179 Å². The molecule has 0 unspecified atom stereocenters. The predicted molar refractivity (Wildman–Crippen MR) is 111 cm³/mol. The molecule has 1 fully saturated rings. The number of carboxylic acid groups (broad SMARTS) is 1. The van der Waals surface area contributed by atoms with E-state index in [0.717, 1.165) is 17.0 Å². The van der Waals surface area contributed by atoms with Crippen LogP contribution < -0.4 is 10.1 Å². The predicted octanol–water partition coefficient (Wildman–Crippen LogP) is 2.29. The Hall–Kier alpha value is -4.20. The number of carbonyl (C=O) groups is 4. The third-order valence-corrected chi connectivity index (χ3v) is 4.68. The van der Waals surface area contributed by atoms with E-state index in [0.29, 0.717) is 0 Å². The molecule has 0 atom stereocenters. The van der Waals surface area contributed by atoms with Gasteiger partial charge in [0, 0.05) is 16.1 Å². The van der Waals surface area contributed by atoms with E-state index >= 15 is 0 Å². The Labute approximate surface area is 192 Å². The minimum Gasteiger partial charge on any atom is -0.479 e. The van der Waals surface area contributed by atoms with Crippen molar-refractivity contribution in [2.24, 2.45) is 0 Å². The van der Waals surface area contributed by atoms with Gasteiger partial charge in [-0.15, -0.1) is 0 Å². The van der Waals surface area contributed by atoms with Gasteiger partial charge in [-0.25, -0.2) is 14.4 Å². The third kappa shape index (κ3) is 5.17. The highest BCUT2D eigenvalue weighted by Crippen LogP contribution is 2.36. The molecule has 1 saturated heterocycles. The van der Waals surface area contributed by atoms with Gasteiger partial charge in [0.15, 0.2) is 6.61 Å². The molecule has 13 nitrogen and oxygen atoms in total. The summed E-state index contributed by atoms with van der Waals surface area (Å²) in [5, 5.41) is 22.6. The summed E-state index contributed by atoms with van der Waals surface area (Å²) in [6.07, 6.45) is 1.12. The molecule has 2 N–H and O–H groups in total. The van der Waals surface area contributed by atoms with Crippen LogP contribution in [0.5, 0.6) is 5.75 Å². The molecule has 172 valence electrons. The number of ether oxygens (including phenoxy) is 2. The summed E-state index contributed by atoms with van der Waals surface area (Å²) in [6, 6.07) is 4.37. The average Bonchev–Trinajstić information content (AvgIpc) is 3.32. The Morgan fingerprint density at radius 2 is 2.06 bits per heavy atom. The minimum atomic E-state index is -1.37. The highest BCUT2D eigenvalue weighted by Gasteiger charge is 2.35. The number of hydrogen-bond acceptors (Lipinski definition) is 9. The van der Waals surface area contributed by atoms with Gasteiger partial charge in [-0.1, -0.05) is 15.9 Å². The van der Waals surface area contributed by atoms with Crippen LogP contribution in [0.25, 0.3) is 6.08 Å². The molecule has 1 aliphatic rings. The maximum Gasteiger partial charge on any atom is 0.373 e. The smallest absolute Gasteiger partial charge is 0.373 e. The Balaban J connectivity index is 1.92. The SMILES string of the molecule is COC(=O)c1ccc(CN2C(=O)N/C(=C\c3cc(Br)cc([N+](=O)[O-])c3OCC(=O)O)C2=O)o1. The molecule has 1 aromatic carbocycles. The molecule has 0 radical (unpaired) electrons. The Morgan fingerprint density at radius 3 is 2.70 bits per heavy atom. The summed E-state index contributed by atoms with van der Waals surface area (Å²) in [6.45, 7) is -1.17. The number of urea groups is 1. The molecule has 0 aliphatic carbocycles. The fraction of sp³-hybridized carbons (Fsp3) is 0.158. The van der Waals surface area contributed by atoms with Crippen LogP contribution in [0, 0.1) is 10.1 Å². The number of nitrogens with one attached hydrogen (secondary N) is 1. The van der Waals surface area contributed by atoms with E-state index in [2.05, 4.69) is 26.0 Å². The van der Waals surface area contributed by atoms with E-state index in [1.807, 2.05) is 0 Å². The van der Waals surface area contributed by atoms with Gasteiger partial charge in [0.2, 0.25) is 11.5 Å². The molecule has 0 bridgehead atoms. The average molecular weight is 524 g/mol. The standard InChI is InChI=1S/C19H14BrN3O10/c1-31-18(27)14-3-2-11(33-14)7-22-17(26)12(21-19(22)28)5-9-4-10(20)6-13(23(29)30)16(9)32-8-15(24)25/h2-6H,7-8H2,1H3,(H,21,28)(H,24,25)/b12-5-. The van der Waals surface area contributed by atoms with Crippen LogP contribution in [0.1, 0.15) is 21.9 Å². The molecular weight excluding hydrogens is 510 g/mol. The van der Waals surface area contributed by atoms with Gasteiger partial charge in [0.05, 0.1) is 18.6 Å². The van der Waals surface area contributed by atoms with E-state index in [9.17, 15) is 29.3 Å². The highest BCUT2D eigenvalue weighted by molar-refractivity contribution is 9.10. The quantitative estimate of drug-likeness (QED) is 0.171. The lowest BCUT2D eigenvalue weighted by Crippen LogP contribution is -2.30. The van der Waals surface area contributed by atoms with Crippen LogP contribution in [-0.2, 0) is 20.9 Å². The van der Waals surface area contributed by atoms with E-state index < -0.39 is 46.8 Å². The van der Waals surface area contributed by atoms with Gasteiger partial charge >= 0.3 is 23.7 Å². The second-order valence-electron chi connectivity index (χ2n) is 6.42. The number of nitro groups is 1. The van der Waals surface area contributed by atoms with Crippen molar-refractivity contribution < 1.29 is 43.1 Å². The lowest BCUT2D eigenvalue weighted by atomic mass is 10.1. The van der Waals surface area contributed by atoms with Crippen molar-refractivity contribution in [3.63, 3.8) is 0 Å². The molecule has 0 spiro atoms. The maximum atomic E-state index is 12.8. The molecule has 1 aromatic heterocycles. The van der Waals surface area contributed by atoms with Gasteiger partial charge in [-0.2, -0.15) is 0 Å². The van der Waals surface area contributed by atoms with Gasteiger partial charge in [0.1, 0.15) is 11.5 Å². The van der Waals surface area contributed by atoms with E-state index in [4.69, 9.17) is 14.3 Å². The van der Waals surface area contributed by atoms with Crippen molar-refractivity contribution in [2.75, 3.05) is 13.7 Å². The molecule has 2 aromatic rings. The summed E-state index contributed by atoms with van der Waals surface area (Å²) in [5.41, 5.74) is -0.807. The fourth-order valence-electron chi connectivity index (χ4n) is 2.83. The van der Waals surface area contributed by atoms with Crippen LogP contribution in [0.2, 0.25) is 0 Å². The molecule has 1 aliphatic heterocycles. The minimum absolute atomic E-state index is 0.0196. The Morgan fingerprint density at radius 1 is 1.33 bits per heavy atom. The number of rotatable bonds is 8. The number of aliphatic carboxylic acids is 1. The second kappa shape index (κ2) is 9.52. The van der Waals surface area contributed by atoms with Gasteiger partial charge in [-0.05, 0) is 24.3 Å². The molecule has 3 amide bonds. The van der Waals surface area contributed by atoms with Crippen LogP contribution in [-0.4, -0.2) is 52.5 Å². The van der Waals surface area contributed by atoms with Crippen LogP contribution in [0.15, 0.2) is 38.9 Å². The van der Waals surface area contributed by atoms with Gasteiger partial charge in [-0.3, -0.25) is 19.8 Å². The highest BCUT2D eigenvalue weighted by atomic mass is 79.9. The van der Waals surface area contributed by atoms with Crippen molar-refractivity contribution in [2.45, 2.75) is 6.54 Å². The summed E-state index contributed by atoms with van der Waals surface area (Å²) < 4.78 is 15.1. The van der Waals surface area contributed by atoms with E-state index in [-0.39, 0.29) is 33.8 Å². The van der Waals surface area contributed by atoms with Crippen molar-refractivity contribution in [1.82, 2.24) is 10.2 Å². The zero-order valence-corrected chi connectivity index (χ0v) is 18.3. The van der Waals surface area contributed by atoms with E-state index in [1.165, 1.54) is 25.3 Å². The van der Waals surface area contributed by atoms with Crippen LogP contribution >= 0.6 is 15.9 Å². The Kier molecular flexibility index (Phi) is 6.77. The lowest BCUT2D eigenvalue weighted by Gasteiger charge is -2.10. The largest absolute Gasteiger partial charge is 0.479 e. The number of furan rings is 1. The Bertz CT molecular complexity index is 1200. The second-order valence-corrected chi connectivity index (χ2v) is 7.34. The molecule has 14 heteroatoms. The van der Waals surface area contributed by atoms with Crippen LogP contribution in [0.4, 0.5) is 10.5 Å². The summed E-state index contributed by atoms with van der Waals surface area (Å²) in [7, 11) is 1.17. The van der Waals surface area contributed by atoms with Crippen molar-refractivity contribution in [1.29, 1.82) is 0 Å². The fourth-order valence-corrected chi connectivity index (χ4v) is 3.30. The van der Waals surface area contributed by atoms with Crippen molar-refractivity contribution in [3.8, 4) is 5.75 Å². The van der Waals surface area contributed by atoms with Crippen molar-refractivity contribution >= 4 is 51.6 Å².